The van der Waals surface area contributed by atoms with Gasteiger partial charge in [0.15, 0.2) is 5.60 Å². The van der Waals surface area contributed by atoms with Gasteiger partial charge in [0, 0.05) is 25.0 Å². The van der Waals surface area contributed by atoms with Gasteiger partial charge in [-0.1, -0.05) is 30.5 Å². The molecule has 44 heavy (non-hydrogen) atoms. The Balaban J connectivity index is 1.44. The molecule has 2 fully saturated rings. The minimum atomic E-state index is -5.15. The zero-order chi connectivity index (χ0) is 31.7. The van der Waals surface area contributed by atoms with Gasteiger partial charge in [-0.3, -0.25) is 15.1 Å². The van der Waals surface area contributed by atoms with E-state index in [2.05, 4.69) is 25.9 Å². The number of β-amino-alcohol motifs (C(OH)–C–C–N with tert-alkyl or cyclic N) is 1. The molecule has 3 atom stereocenters. The fourth-order valence-corrected chi connectivity index (χ4v) is 5.72. The van der Waals surface area contributed by atoms with Gasteiger partial charge in [0.1, 0.15) is 17.7 Å². The number of halogens is 5. The molecule has 4 N–H and O–H groups in total. The number of rotatable bonds is 9. The van der Waals surface area contributed by atoms with Crippen LogP contribution in [-0.2, 0) is 10.3 Å². The molecule has 0 spiro atoms. The van der Waals surface area contributed by atoms with Crippen molar-refractivity contribution in [1.29, 1.82) is 0 Å². The van der Waals surface area contributed by atoms with Gasteiger partial charge in [0.2, 0.25) is 5.91 Å². The quantitative estimate of drug-likeness (QED) is 0.232. The highest BCUT2D eigenvalue weighted by Crippen LogP contribution is 2.43. The second kappa shape index (κ2) is 12.3. The summed E-state index contributed by atoms with van der Waals surface area (Å²) in [5.74, 6) is -1.38. The van der Waals surface area contributed by atoms with Crippen molar-refractivity contribution in [3.05, 3.63) is 83.0 Å². The number of amides is 3. The number of nitrogens with zero attached hydrogens (tertiary/aromatic N) is 3. The SMILES string of the molecule is CNC(CCC1CC1)(c1ccncc1)c1ccc(F)c(NC(=O)[C@H]2C[C@](O)(C(F)(F)F)CN2C(=O)Nc2ccc(Cl)cn2)c1. The van der Waals surface area contributed by atoms with Gasteiger partial charge in [-0.15, -0.1) is 0 Å². The average molecular weight is 635 g/mol. The van der Waals surface area contributed by atoms with Crippen LogP contribution in [0.1, 0.15) is 43.2 Å². The molecule has 3 amide bonds. The van der Waals surface area contributed by atoms with Crippen LogP contribution >= 0.6 is 11.6 Å². The van der Waals surface area contributed by atoms with Crippen LogP contribution in [0, 0.1) is 11.7 Å². The summed E-state index contributed by atoms with van der Waals surface area (Å²) >= 11 is 5.80. The van der Waals surface area contributed by atoms with Crippen molar-refractivity contribution in [2.75, 3.05) is 24.2 Å². The topological polar surface area (TPSA) is 119 Å². The molecule has 1 aromatic carbocycles. The molecule has 9 nitrogen and oxygen atoms in total. The number of likely N-dealkylation sites (tertiary alicyclic amines) is 1. The highest BCUT2D eigenvalue weighted by molar-refractivity contribution is 6.30. The summed E-state index contributed by atoms with van der Waals surface area (Å²) in [6.07, 6.45) is 2.02. The van der Waals surface area contributed by atoms with Gasteiger partial charge in [-0.25, -0.2) is 14.2 Å². The Morgan fingerprint density at radius 1 is 1.09 bits per heavy atom. The summed E-state index contributed by atoms with van der Waals surface area (Å²) in [4.78, 5) is 35.1. The largest absolute Gasteiger partial charge is 0.419 e. The predicted molar refractivity (Wildman–Crippen MR) is 155 cm³/mol. The number of anilines is 2. The van der Waals surface area contributed by atoms with E-state index < -0.39 is 54.1 Å². The number of urea groups is 1. The minimum absolute atomic E-state index is 0.0366. The number of aliphatic hydroxyl groups is 1. The van der Waals surface area contributed by atoms with Crippen LogP contribution in [0.4, 0.5) is 33.9 Å². The molecule has 1 unspecified atom stereocenters. The van der Waals surface area contributed by atoms with Gasteiger partial charge < -0.3 is 20.6 Å². The number of aromatic nitrogens is 2. The summed E-state index contributed by atoms with van der Waals surface area (Å²) in [7, 11) is 1.78. The molecule has 1 aliphatic heterocycles. The first-order valence-corrected chi connectivity index (χ1v) is 14.4. The van der Waals surface area contributed by atoms with Gasteiger partial charge in [0.05, 0.1) is 22.8 Å². The van der Waals surface area contributed by atoms with E-state index in [0.29, 0.717) is 22.8 Å². The first kappa shape index (κ1) is 31.6. The number of pyridine rings is 2. The lowest BCUT2D eigenvalue weighted by atomic mass is 9.79. The Bertz CT molecular complexity index is 1510. The van der Waals surface area contributed by atoms with Crippen molar-refractivity contribution in [2.45, 2.75) is 55.5 Å². The molecule has 3 heterocycles. The number of alkyl halides is 3. The van der Waals surface area contributed by atoms with E-state index in [1.165, 1.54) is 30.5 Å². The van der Waals surface area contributed by atoms with Crippen molar-refractivity contribution >= 4 is 35.0 Å². The number of carbonyl (C=O) groups is 2. The van der Waals surface area contributed by atoms with E-state index >= 15 is 4.39 Å². The lowest BCUT2D eigenvalue weighted by molar-refractivity contribution is -0.253. The van der Waals surface area contributed by atoms with Crippen LogP contribution in [-0.4, -0.2) is 63.3 Å². The second-order valence-corrected chi connectivity index (χ2v) is 11.7. The summed E-state index contributed by atoms with van der Waals surface area (Å²) in [6.45, 7) is -1.22. The fraction of sp³-hybridized carbons (Fsp3) is 0.400. The molecule has 234 valence electrons. The lowest BCUT2D eigenvalue weighted by Gasteiger charge is -2.35. The summed E-state index contributed by atoms with van der Waals surface area (Å²) in [5, 5.41) is 18.8. The van der Waals surface area contributed by atoms with Crippen molar-refractivity contribution < 1.29 is 32.3 Å². The second-order valence-electron chi connectivity index (χ2n) is 11.2. The Morgan fingerprint density at radius 2 is 1.82 bits per heavy atom. The number of benzene rings is 1. The third-order valence-corrected chi connectivity index (χ3v) is 8.56. The van der Waals surface area contributed by atoms with Crippen LogP contribution in [0.15, 0.2) is 61.1 Å². The van der Waals surface area contributed by atoms with E-state index in [4.69, 9.17) is 11.6 Å². The summed E-state index contributed by atoms with van der Waals surface area (Å²) in [5.41, 5.74) is -2.95. The molecule has 1 aliphatic carbocycles. The van der Waals surface area contributed by atoms with Crippen molar-refractivity contribution in [3.63, 3.8) is 0 Å². The van der Waals surface area contributed by atoms with E-state index in [-0.39, 0.29) is 16.5 Å². The molecule has 2 aliphatic rings. The zero-order valence-corrected chi connectivity index (χ0v) is 24.4. The third-order valence-electron chi connectivity index (χ3n) is 8.33. The van der Waals surface area contributed by atoms with Crippen LogP contribution in [0.2, 0.25) is 5.02 Å². The maximum Gasteiger partial charge on any atom is 0.419 e. The first-order chi connectivity index (χ1) is 20.8. The van der Waals surface area contributed by atoms with E-state index in [1.807, 2.05) is 12.1 Å². The molecular weight excluding hydrogens is 604 g/mol. The van der Waals surface area contributed by atoms with Crippen LogP contribution < -0.4 is 16.0 Å². The number of hydrogen-bond donors (Lipinski definition) is 4. The van der Waals surface area contributed by atoms with Crippen molar-refractivity contribution in [1.82, 2.24) is 20.2 Å². The number of nitrogens with one attached hydrogen (secondary N) is 3. The monoisotopic (exact) mass is 634 g/mol. The molecule has 1 saturated heterocycles. The predicted octanol–water partition coefficient (Wildman–Crippen LogP) is 5.46. The fourth-order valence-electron chi connectivity index (χ4n) is 5.61. The zero-order valence-electron chi connectivity index (χ0n) is 23.7. The molecule has 1 saturated carbocycles. The normalized spacial score (nSPS) is 21.5. The van der Waals surface area contributed by atoms with Crippen LogP contribution in [0.3, 0.4) is 0 Å². The van der Waals surface area contributed by atoms with E-state index in [1.54, 1.807) is 25.5 Å². The molecule has 0 bridgehead atoms. The number of hydrogen-bond acceptors (Lipinski definition) is 6. The Morgan fingerprint density at radius 3 is 2.43 bits per heavy atom. The van der Waals surface area contributed by atoms with Crippen molar-refractivity contribution in [2.24, 2.45) is 5.92 Å². The molecule has 5 rings (SSSR count). The number of carbonyl (C=O) groups excluding carboxylic acids is 2. The molecular formula is C30H31ClF4N6O3. The van der Waals surface area contributed by atoms with E-state index in [0.717, 1.165) is 24.8 Å². The maximum absolute atomic E-state index is 15.2. The van der Waals surface area contributed by atoms with Gasteiger partial charge in [-0.05, 0) is 73.3 Å². The summed E-state index contributed by atoms with van der Waals surface area (Å²) in [6, 6.07) is 7.70. The average Bonchev–Trinajstić information content (AvgIpc) is 3.75. The third kappa shape index (κ3) is 6.49. The Labute approximate surface area is 256 Å². The molecule has 3 aromatic rings. The van der Waals surface area contributed by atoms with Crippen LogP contribution in [0.5, 0.6) is 0 Å². The maximum atomic E-state index is 15.2. The van der Waals surface area contributed by atoms with Crippen LogP contribution in [0.25, 0.3) is 0 Å². The highest BCUT2D eigenvalue weighted by Gasteiger charge is 2.62. The van der Waals surface area contributed by atoms with E-state index in [9.17, 15) is 27.9 Å². The highest BCUT2D eigenvalue weighted by atomic mass is 35.5. The molecule has 2 aromatic heterocycles. The molecule has 0 radical (unpaired) electrons. The van der Waals surface area contributed by atoms with Gasteiger partial charge in [-0.2, -0.15) is 13.2 Å². The minimum Gasteiger partial charge on any atom is -0.379 e. The molecule has 14 heteroatoms. The van der Waals surface area contributed by atoms with Crippen molar-refractivity contribution in [3.8, 4) is 0 Å². The smallest absolute Gasteiger partial charge is 0.379 e. The van der Waals surface area contributed by atoms with Gasteiger partial charge in [0.25, 0.3) is 0 Å². The summed E-state index contributed by atoms with van der Waals surface area (Å²) < 4.78 is 56.7. The Kier molecular flexibility index (Phi) is 8.83. The first-order valence-electron chi connectivity index (χ1n) is 14.0. The van der Waals surface area contributed by atoms with Gasteiger partial charge >= 0.3 is 12.2 Å². The Hall–Kier alpha value is -3.81. The lowest BCUT2D eigenvalue weighted by Crippen LogP contribution is -2.49. The standard InChI is InChI=1S/C30H31ClF4N6O3/c1-36-29(11-8-18-2-3-18,19-9-12-37-13-10-19)20-4-6-22(32)23(14-20)39-26(42)24-15-28(44,30(33,34)35)17-41(24)27(43)40-25-7-5-21(31)16-38-25/h4-7,9-10,12-14,16,18,24,36,44H,2-3,8,11,15,17H2,1H3,(H,39,42)(H,38,40,43)/t24-,28-,29?/m1/s1.